The van der Waals surface area contributed by atoms with E-state index in [4.69, 9.17) is 11.6 Å². The van der Waals surface area contributed by atoms with Gasteiger partial charge < -0.3 is 5.32 Å². The van der Waals surface area contributed by atoms with E-state index >= 15 is 0 Å². The Morgan fingerprint density at radius 2 is 2.33 bits per heavy atom. The second-order valence-corrected chi connectivity index (χ2v) is 3.87. The van der Waals surface area contributed by atoms with Gasteiger partial charge in [0.05, 0.1) is 23.6 Å². The molecule has 2 heterocycles. The molecule has 94 valence electrons. The fourth-order valence-corrected chi connectivity index (χ4v) is 1.61. The molecule has 0 amide bonds. The second kappa shape index (κ2) is 5.46. The molecule has 0 aromatic carbocycles. The molecule has 7 nitrogen and oxygen atoms in total. The Kier molecular flexibility index (Phi) is 3.73. The van der Waals surface area contributed by atoms with Crippen LogP contribution in [-0.4, -0.2) is 26.2 Å². The van der Waals surface area contributed by atoms with Crippen LogP contribution in [0.5, 0.6) is 0 Å². The number of halogens is 1. The fourth-order valence-electron chi connectivity index (χ4n) is 1.41. The topological polar surface area (TPSA) is 85.9 Å². The highest BCUT2D eigenvalue weighted by Gasteiger charge is 2.09. The van der Waals surface area contributed by atoms with Gasteiger partial charge in [-0.25, -0.2) is 4.98 Å². The first-order valence-electron chi connectivity index (χ1n) is 5.18. The van der Waals surface area contributed by atoms with Gasteiger partial charge in [0.1, 0.15) is 11.0 Å². The number of hydrogen-bond acceptors (Lipinski definition) is 5. The van der Waals surface area contributed by atoms with Crippen molar-refractivity contribution >= 4 is 23.1 Å². The first-order chi connectivity index (χ1) is 8.65. The molecule has 0 saturated heterocycles. The van der Waals surface area contributed by atoms with Gasteiger partial charge in [-0.15, -0.1) is 0 Å². The van der Waals surface area contributed by atoms with Crippen LogP contribution < -0.4 is 5.32 Å². The Balaban J connectivity index is 1.98. The Bertz CT molecular complexity index is 543. The van der Waals surface area contributed by atoms with Crippen LogP contribution in [0.3, 0.4) is 0 Å². The molecule has 0 bridgehead atoms. The van der Waals surface area contributed by atoms with E-state index in [0.29, 0.717) is 18.9 Å². The monoisotopic (exact) mass is 267 g/mol. The number of rotatable bonds is 5. The summed E-state index contributed by atoms with van der Waals surface area (Å²) < 4.78 is 1.74. The Morgan fingerprint density at radius 1 is 1.50 bits per heavy atom. The summed E-state index contributed by atoms with van der Waals surface area (Å²) in [4.78, 5) is 14.1. The van der Waals surface area contributed by atoms with Gasteiger partial charge in [0, 0.05) is 18.9 Å². The van der Waals surface area contributed by atoms with E-state index in [1.165, 1.54) is 12.1 Å². The Morgan fingerprint density at radius 3 is 3.00 bits per heavy atom. The van der Waals surface area contributed by atoms with E-state index in [0.717, 1.165) is 0 Å². The largest absolute Gasteiger partial charge is 0.368 e. The smallest absolute Gasteiger partial charge is 0.276 e. The average molecular weight is 268 g/mol. The number of pyridine rings is 1. The number of hydrogen-bond donors (Lipinski definition) is 1. The molecule has 0 aliphatic rings. The van der Waals surface area contributed by atoms with E-state index in [1.54, 1.807) is 10.9 Å². The van der Waals surface area contributed by atoms with Gasteiger partial charge in [-0.1, -0.05) is 11.6 Å². The van der Waals surface area contributed by atoms with Crippen molar-refractivity contribution in [2.45, 2.75) is 6.54 Å². The highest BCUT2D eigenvalue weighted by Crippen LogP contribution is 2.20. The summed E-state index contributed by atoms with van der Waals surface area (Å²) in [6.07, 6.45) is 3.51. The summed E-state index contributed by atoms with van der Waals surface area (Å²) in [5, 5.41) is 17.7. The molecule has 0 aliphatic carbocycles. The van der Waals surface area contributed by atoms with E-state index in [1.807, 2.05) is 12.3 Å². The van der Waals surface area contributed by atoms with E-state index in [2.05, 4.69) is 15.4 Å². The summed E-state index contributed by atoms with van der Waals surface area (Å²) in [6, 6.07) is 4.37. The molecule has 0 fully saturated rings. The maximum absolute atomic E-state index is 10.6. The van der Waals surface area contributed by atoms with Crippen LogP contribution in [0.4, 0.5) is 11.5 Å². The summed E-state index contributed by atoms with van der Waals surface area (Å²) in [6.45, 7) is 1.18. The van der Waals surface area contributed by atoms with Crippen molar-refractivity contribution < 1.29 is 4.92 Å². The minimum atomic E-state index is -0.508. The van der Waals surface area contributed by atoms with Gasteiger partial charge >= 0.3 is 0 Å². The van der Waals surface area contributed by atoms with Crippen LogP contribution in [0.15, 0.2) is 30.6 Å². The van der Waals surface area contributed by atoms with Crippen LogP contribution >= 0.6 is 11.6 Å². The number of nitro groups is 1. The van der Waals surface area contributed by atoms with Crippen LogP contribution in [0.25, 0.3) is 0 Å². The summed E-state index contributed by atoms with van der Waals surface area (Å²) >= 11 is 5.70. The number of anilines is 1. The third kappa shape index (κ3) is 3.17. The normalized spacial score (nSPS) is 10.3. The third-order valence-electron chi connectivity index (χ3n) is 2.20. The average Bonchev–Trinajstić information content (AvgIpc) is 2.81. The predicted octanol–water partition coefficient (Wildman–Crippen LogP) is 1.95. The Hall–Kier alpha value is -2.15. The van der Waals surface area contributed by atoms with Crippen molar-refractivity contribution in [1.82, 2.24) is 14.8 Å². The highest BCUT2D eigenvalue weighted by atomic mass is 35.5. The van der Waals surface area contributed by atoms with Crippen molar-refractivity contribution in [3.05, 3.63) is 45.9 Å². The quantitative estimate of drug-likeness (QED) is 0.508. The van der Waals surface area contributed by atoms with Gasteiger partial charge in [0.15, 0.2) is 0 Å². The van der Waals surface area contributed by atoms with Crippen molar-refractivity contribution in [2.75, 3.05) is 11.9 Å². The van der Waals surface area contributed by atoms with Crippen molar-refractivity contribution in [3.8, 4) is 0 Å². The maximum atomic E-state index is 10.6. The van der Waals surface area contributed by atoms with Crippen molar-refractivity contribution in [3.63, 3.8) is 0 Å². The molecule has 2 aromatic heterocycles. The molecular formula is C10H10ClN5O2. The molecule has 0 spiro atoms. The molecular weight excluding hydrogens is 258 g/mol. The third-order valence-corrected chi connectivity index (χ3v) is 2.39. The maximum Gasteiger partial charge on any atom is 0.276 e. The minimum absolute atomic E-state index is 0.0865. The lowest BCUT2D eigenvalue weighted by Gasteiger charge is -2.06. The molecule has 0 radical (unpaired) electrons. The van der Waals surface area contributed by atoms with Crippen LogP contribution in [0.2, 0.25) is 5.15 Å². The lowest BCUT2D eigenvalue weighted by Crippen LogP contribution is -2.11. The van der Waals surface area contributed by atoms with Gasteiger partial charge in [-0.05, 0) is 6.07 Å². The fraction of sp³-hybridized carbons (Fsp3) is 0.200. The SMILES string of the molecule is O=[N+]([O-])c1cc(Cl)nc(NCCn2cccn2)c1. The van der Waals surface area contributed by atoms with Gasteiger partial charge in [0.2, 0.25) is 0 Å². The van der Waals surface area contributed by atoms with Crippen molar-refractivity contribution in [1.29, 1.82) is 0 Å². The minimum Gasteiger partial charge on any atom is -0.368 e. The van der Waals surface area contributed by atoms with Crippen LogP contribution in [0.1, 0.15) is 0 Å². The molecule has 0 atom stereocenters. The van der Waals surface area contributed by atoms with E-state index in [-0.39, 0.29) is 10.8 Å². The second-order valence-electron chi connectivity index (χ2n) is 3.49. The van der Waals surface area contributed by atoms with Gasteiger partial charge in [-0.3, -0.25) is 14.8 Å². The molecule has 2 rings (SSSR count). The van der Waals surface area contributed by atoms with Crippen LogP contribution in [0, 0.1) is 10.1 Å². The molecule has 0 saturated carbocycles. The molecule has 0 aliphatic heterocycles. The standard InChI is InChI=1S/C10H10ClN5O2/c11-9-6-8(16(17)18)7-10(14-9)12-3-5-15-4-1-2-13-15/h1-2,4,6-7H,3,5H2,(H,12,14). The van der Waals surface area contributed by atoms with Crippen LogP contribution in [-0.2, 0) is 6.54 Å². The van der Waals surface area contributed by atoms with Gasteiger partial charge in [-0.2, -0.15) is 5.10 Å². The zero-order valence-corrected chi connectivity index (χ0v) is 10.0. The Labute approximate surface area is 108 Å². The van der Waals surface area contributed by atoms with E-state index in [9.17, 15) is 10.1 Å². The molecule has 18 heavy (non-hydrogen) atoms. The molecule has 0 unspecified atom stereocenters. The molecule has 2 aromatic rings. The molecule has 1 N–H and O–H groups in total. The lowest BCUT2D eigenvalue weighted by molar-refractivity contribution is -0.384. The zero-order valence-electron chi connectivity index (χ0n) is 9.28. The highest BCUT2D eigenvalue weighted by molar-refractivity contribution is 6.29. The summed E-state index contributed by atoms with van der Waals surface area (Å²) in [5.74, 6) is 0.376. The first kappa shape index (κ1) is 12.3. The van der Waals surface area contributed by atoms with Gasteiger partial charge in [0.25, 0.3) is 5.69 Å². The zero-order chi connectivity index (χ0) is 13.0. The number of nitrogens with one attached hydrogen (secondary N) is 1. The lowest BCUT2D eigenvalue weighted by atomic mass is 10.4. The first-order valence-corrected chi connectivity index (χ1v) is 5.56. The molecule has 8 heteroatoms. The number of aromatic nitrogens is 3. The van der Waals surface area contributed by atoms with E-state index < -0.39 is 4.92 Å². The number of nitrogens with zero attached hydrogens (tertiary/aromatic N) is 4. The van der Waals surface area contributed by atoms with Crippen molar-refractivity contribution in [2.24, 2.45) is 0 Å². The predicted molar refractivity (Wildman–Crippen MR) is 66.6 cm³/mol. The summed E-state index contributed by atoms with van der Waals surface area (Å²) in [5.41, 5.74) is -0.0865. The summed E-state index contributed by atoms with van der Waals surface area (Å²) in [7, 11) is 0.